The predicted molar refractivity (Wildman–Crippen MR) is 54.0 cm³/mol. The molecule has 1 unspecified atom stereocenters. The number of likely N-dealkylation sites (tertiary alicyclic amines) is 1. The highest BCUT2D eigenvalue weighted by Crippen LogP contribution is 2.48. The molecule has 0 radical (unpaired) electrons. The fourth-order valence-corrected chi connectivity index (χ4v) is 2.41. The molecule has 0 aromatic heterocycles. The Hall–Kier alpha value is -0.570. The summed E-state index contributed by atoms with van der Waals surface area (Å²) in [5.41, 5.74) is -0.132. The number of hydrogen-bond acceptors (Lipinski definition) is 3. The third kappa shape index (κ3) is 1.65. The summed E-state index contributed by atoms with van der Waals surface area (Å²) in [7, 11) is 1.50. The van der Waals surface area contributed by atoms with Crippen LogP contribution in [0.1, 0.15) is 32.6 Å². The molecule has 1 saturated heterocycles. The Morgan fingerprint density at radius 2 is 2.29 bits per heavy atom. The van der Waals surface area contributed by atoms with Gasteiger partial charge in [-0.2, -0.15) is 0 Å². The van der Waals surface area contributed by atoms with Crippen LogP contribution in [0.25, 0.3) is 0 Å². The van der Waals surface area contributed by atoms with Crippen LogP contribution in [0, 0.1) is 5.41 Å². The molecular weight excluding hydrogens is 178 g/mol. The van der Waals surface area contributed by atoms with Crippen molar-refractivity contribution >= 4 is 5.97 Å². The Kier molecular flexibility index (Phi) is 2.52. The van der Waals surface area contributed by atoms with Crippen LogP contribution in [0.5, 0.6) is 0 Å². The first-order valence-corrected chi connectivity index (χ1v) is 5.50. The van der Waals surface area contributed by atoms with Crippen molar-refractivity contribution < 1.29 is 9.53 Å². The average Bonchev–Trinajstić information content (AvgIpc) is 2.86. The van der Waals surface area contributed by atoms with Crippen molar-refractivity contribution in [3.05, 3.63) is 0 Å². The first-order chi connectivity index (χ1) is 6.68. The van der Waals surface area contributed by atoms with Crippen LogP contribution in [0.3, 0.4) is 0 Å². The van der Waals surface area contributed by atoms with Crippen molar-refractivity contribution in [2.45, 2.75) is 38.6 Å². The molecule has 80 valence electrons. The van der Waals surface area contributed by atoms with E-state index < -0.39 is 0 Å². The van der Waals surface area contributed by atoms with E-state index in [0.717, 1.165) is 25.9 Å². The monoisotopic (exact) mass is 197 g/mol. The lowest BCUT2D eigenvalue weighted by atomic mass is 10.1. The summed E-state index contributed by atoms with van der Waals surface area (Å²) in [6, 6.07) is 0.650. The summed E-state index contributed by atoms with van der Waals surface area (Å²) in [6.45, 7) is 4.32. The Morgan fingerprint density at radius 3 is 2.71 bits per heavy atom. The zero-order chi connectivity index (χ0) is 10.2. The molecule has 2 aliphatic rings. The molecule has 0 aromatic carbocycles. The topological polar surface area (TPSA) is 29.5 Å². The summed E-state index contributed by atoms with van der Waals surface area (Å²) in [5.74, 6) is -0.00315. The van der Waals surface area contributed by atoms with Crippen LogP contribution in [0.2, 0.25) is 0 Å². The van der Waals surface area contributed by atoms with Gasteiger partial charge >= 0.3 is 5.97 Å². The van der Waals surface area contributed by atoms with Crippen molar-refractivity contribution in [2.75, 3.05) is 20.2 Å². The van der Waals surface area contributed by atoms with Gasteiger partial charge in [-0.3, -0.25) is 9.69 Å². The van der Waals surface area contributed by atoms with Gasteiger partial charge in [0.2, 0.25) is 0 Å². The summed E-state index contributed by atoms with van der Waals surface area (Å²) in [4.78, 5) is 14.0. The molecular formula is C11H19NO2. The molecule has 0 bridgehead atoms. The SMILES string of the molecule is COC(=O)C1(CN2CCCC2C)CC1. The Morgan fingerprint density at radius 1 is 1.57 bits per heavy atom. The third-order valence-corrected chi connectivity index (χ3v) is 3.67. The molecule has 0 spiro atoms. The maximum atomic E-state index is 11.5. The van der Waals surface area contributed by atoms with E-state index in [2.05, 4.69) is 11.8 Å². The third-order valence-electron chi connectivity index (χ3n) is 3.67. The molecule has 1 atom stereocenters. The fourth-order valence-electron chi connectivity index (χ4n) is 2.41. The van der Waals surface area contributed by atoms with Crippen molar-refractivity contribution in [3.63, 3.8) is 0 Å². The summed E-state index contributed by atoms with van der Waals surface area (Å²) in [5, 5.41) is 0. The second-order valence-electron chi connectivity index (χ2n) is 4.73. The van der Waals surface area contributed by atoms with Gasteiger partial charge in [-0.1, -0.05) is 0 Å². The number of carbonyl (C=O) groups is 1. The minimum Gasteiger partial charge on any atom is -0.469 e. The highest BCUT2D eigenvalue weighted by Gasteiger charge is 2.52. The van der Waals surface area contributed by atoms with Crippen molar-refractivity contribution in [1.82, 2.24) is 4.90 Å². The number of carbonyl (C=O) groups excluding carboxylic acids is 1. The zero-order valence-electron chi connectivity index (χ0n) is 9.08. The number of methoxy groups -OCH3 is 1. The summed E-state index contributed by atoms with van der Waals surface area (Å²) in [6.07, 6.45) is 4.58. The van der Waals surface area contributed by atoms with Gasteiger partial charge in [0.1, 0.15) is 0 Å². The molecule has 0 aromatic rings. The van der Waals surface area contributed by atoms with Gasteiger partial charge in [-0.05, 0) is 39.2 Å². The van der Waals surface area contributed by atoms with Crippen LogP contribution in [-0.2, 0) is 9.53 Å². The van der Waals surface area contributed by atoms with Crippen molar-refractivity contribution in [3.8, 4) is 0 Å². The van der Waals surface area contributed by atoms with Gasteiger partial charge in [0.05, 0.1) is 12.5 Å². The Bertz CT molecular complexity index is 235. The lowest BCUT2D eigenvalue weighted by Gasteiger charge is -2.25. The van der Waals surface area contributed by atoms with Crippen LogP contribution >= 0.6 is 0 Å². The normalized spacial score (nSPS) is 30.3. The van der Waals surface area contributed by atoms with Gasteiger partial charge in [-0.15, -0.1) is 0 Å². The lowest BCUT2D eigenvalue weighted by Crippen LogP contribution is -2.37. The molecule has 2 rings (SSSR count). The summed E-state index contributed by atoms with van der Waals surface area (Å²) >= 11 is 0. The van der Waals surface area contributed by atoms with Crippen LogP contribution in [-0.4, -0.2) is 37.1 Å². The molecule has 2 fully saturated rings. The van der Waals surface area contributed by atoms with Gasteiger partial charge in [0, 0.05) is 12.6 Å². The average molecular weight is 197 g/mol. The van der Waals surface area contributed by atoms with Gasteiger partial charge in [-0.25, -0.2) is 0 Å². The lowest BCUT2D eigenvalue weighted by molar-refractivity contribution is -0.147. The molecule has 0 amide bonds. The van der Waals surface area contributed by atoms with E-state index in [1.165, 1.54) is 20.0 Å². The van der Waals surface area contributed by atoms with Gasteiger partial charge in [0.25, 0.3) is 0 Å². The standard InChI is InChI=1S/C11H19NO2/c1-9-4-3-7-12(9)8-11(5-6-11)10(13)14-2/h9H,3-8H2,1-2H3. The number of rotatable bonds is 3. The molecule has 1 aliphatic carbocycles. The highest BCUT2D eigenvalue weighted by atomic mass is 16.5. The minimum atomic E-state index is -0.132. The molecule has 3 heteroatoms. The first-order valence-electron chi connectivity index (χ1n) is 5.50. The summed E-state index contributed by atoms with van der Waals surface area (Å²) < 4.78 is 4.86. The molecule has 1 saturated carbocycles. The smallest absolute Gasteiger partial charge is 0.313 e. The van der Waals surface area contributed by atoms with E-state index in [1.807, 2.05) is 0 Å². The Balaban J connectivity index is 1.93. The molecule has 0 N–H and O–H groups in total. The molecule has 14 heavy (non-hydrogen) atoms. The molecule has 1 heterocycles. The van der Waals surface area contributed by atoms with E-state index in [0.29, 0.717) is 6.04 Å². The number of ether oxygens (including phenoxy) is 1. The first kappa shape index (κ1) is 9.97. The van der Waals surface area contributed by atoms with E-state index in [4.69, 9.17) is 4.74 Å². The van der Waals surface area contributed by atoms with E-state index in [-0.39, 0.29) is 11.4 Å². The van der Waals surface area contributed by atoms with Crippen LogP contribution < -0.4 is 0 Å². The Labute approximate surface area is 85.4 Å². The maximum Gasteiger partial charge on any atom is 0.313 e. The van der Waals surface area contributed by atoms with Crippen LogP contribution in [0.4, 0.5) is 0 Å². The van der Waals surface area contributed by atoms with Gasteiger partial charge in [0.15, 0.2) is 0 Å². The zero-order valence-corrected chi connectivity index (χ0v) is 9.08. The van der Waals surface area contributed by atoms with Gasteiger partial charge < -0.3 is 4.74 Å². The molecule has 3 nitrogen and oxygen atoms in total. The van der Waals surface area contributed by atoms with E-state index >= 15 is 0 Å². The number of esters is 1. The fraction of sp³-hybridized carbons (Fsp3) is 0.909. The predicted octanol–water partition coefficient (Wildman–Crippen LogP) is 1.42. The highest BCUT2D eigenvalue weighted by molar-refractivity contribution is 5.80. The quantitative estimate of drug-likeness (QED) is 0.641. The van der Waals surface area contributed by atoms with Crippen molar-refractivity contribution in [1.29, 1.82) is 0 Å². The number of nitrogens with zero attached hydrogens (tertiary/aromatic N) is 1. The second kappa shape index (κ2) is 3.54. The van der Waals surface area contributed by atoms with E-state index in [9.17, 15) is 4.79 Å². The van der Waals surface area contributed by atoms with E-state index in [1.54, 1.807) is 0 Å². The van der Waals surface area contributed by atoms with Crippen molar-refractivity contribution in [2.24, 2.45) is 5.41 Å². The maximum absolute atomic E-state index is 11.5. The number of hydrogen-bond donors (Lipinski definition) is 0. The second-order valence-corrected chi connectivity index (χ2v) is 4.73. The molecule has 1 aliphatic heterocycles. The minimum absolute atomic E-state index is 0.00315. The van der Waals surface area contributed by atoms with Crippen LogP contribution in [0.15, 0.2) is 0 Å². The largest absolute Gasteiger partial charge is 0.469 e.